The zero-order chi connectivity index (χ0) is 14.5. The second kappa shape index (κ2) is 6.67. The molecule has 0 aliphatic rings. The molecule has 2 N–H and O–H groups in total. The summed E-state index contributed by atoms with van der Waals surface area (Å²) in [6, 6.07) is 7.33. The molecule has 0 fully saturated rings. The Kier molecular flexibility index (Phi) is 4.92. The number of aryl methyl sites for hydroxylation is 1. The summed E-state index contributed by atoms with van der Waals surface area (Å²) in [7, 11) is 0. The topological polar surface area (TPSA) is 54.1 Å². The number of amides is 1. The number of hydrogen-bond donors (Lipinski definition) is 2. The predicted octanol–water partition coefficient (Wildman–Crippen LogP) is 3.69. The zero-order valence-electron chi connectivity index (χ0n) is 11.4. The fourth-order valence-electron chi connectivity index (χ4n) is 1.76. The van der Waals surface area contributed by atoms with Crippen molar-refractivity contribution in [3.05, 3.63) is 38.8 Å². The van der Waals surface area contributed by atoms with Crippen LogP contribution in [-0.4, -0.2) is 17.5 Å². The SMILES string of the molecule is CCOc1ccc(NC(=O)Cc2sc(=S)[nH]c2C)cc1. The fourth-order valence-corrected chi connectivity index (χ4v) is 3.05. The van der Waals surface area contributed by atoms with Crippen LogP contribution < -0.4 is 10.1 Å². The highest BCUT2D eigenvalue weighted by Gasteiger charge is 2.09. The second-order valence-corrected chi connectivity index (χ2v) is 6.02. The Labute approximate surface area is 126 Å². The first-order chi connectivity index (χ1) is 9.58. The molecule has 0 atom stereocenters. The van der Waals surface area contributed by atoms with Crippen molar-refractivity contribution in [3.63, 3.8) is 0 Å². The number of thiazole rings is 1. The normalized spacial score (nSPS) is 10.3. The van der Waals surface area contributed by atoms with Gasteiger partial charge in [0.25, 0.3) is 0 Å². The number of benzene rings is 1. The molecular weight excluding hydrogens is 292 g/mol. The molecule has 2 rings (SSSR count). The van der Waals surface area contributed by atoms with Crippen LogP contribution in [0.25, 0.3) is 0 Å². The highest BCUT2D eigenvalue weighted by atomic mass is 32.1. The molecule has 1 heterocycles. The zero-order valence-corrected chi connectivity index (χ0v) is 13.0. The van der Waals surface area contributed by atoms with E-state index >= 15 is 0 Å². The Morgan fingerprint density at radius 3 is 2.65 bits per heavy atom. The molecule has 0 saturated carbocycles. The van der Waals surface area contributed by atoms with Crippen LogP contribution in [0, 0.1) is 10.9 Å². The maximum atomic E-state index is 12.0. The molecule has 4 nitrogen and oxygen atoms in total. The number of rotatable bonds is 5. The standard InChI is InChI=1S/C14H16N2O2S2/c1-3-18-11-6-4-10(5-7-11)16-13(17)8-12-9(2)15-14(19)20-12/h4-7H,3,8H2,1-2H3,(H,15,19)(H,16,17). The molecule has 1 aromatic heterocycles. The molecule has 0 aliphatic heterocycles. The molecule has 1 aromatic carbocycles. The lowest BCUT2D eigenvalue weighted by atomic mass is 10.2. The molecular formula is C14H16N2O2S2. The minimum Gasteiger partial charge on any atom is -0.494 e. The Hall–Kier alpha value is -1.66. The summed E-state index contributed by atoms with van der Waals surface area (Å²) in [4.78, 5) is 16.0. The van der Waals surface area contributed by atoms with Gasteiger partial charge in [0.15, 0.2) is 3.95 Å². The number of aromatic amines is 1. The van der Waals surface area contributed by atoms with Crippen molar-refractivity contribution >= 4 is 35.1 Å². The monoisotopic (exact) mass is 308 g/mol. The summed E-state index contributed by atoms with van der Waals surface area (Å²) < 4.78 is 6.05. The van der Waals surface area contributed by atoms with Crippen LogP contribution in [0.3, 0.4) is 0 Å². The van der Waals surface area contributed by atoms with Gasteiger partial charge in [-0.2, -0.15) is 0 Å². The van der Waals surface area contributed by atoms with Crippen LogP contribution in [0.5, 0.6) is 5.75 Å². The van der Waals surface area contributed by atoms with E-state index in [1.54, 1.807) is 0 Å². The number of carbonyl (C=O) groups excluding carboxylic acids is 1. The van der Waals surface area contributed by atoms with Gasteiger partial charge in [0.1, 0.15) is 5.75 Å². The summed E-state index contributed by atoms with van der Waals surface area (Å²) in [5.41, 5.74) is 1.72. The van der Waals surface area contributed by atoms with Crippen LogP contribution in [0.1, 0.15) is 17.5 Å². The Morgan fingerprint density at radius 1 is 1.40 bits per heavy atom. The molecule has 6 heteroatoms. The van der Waals surface area contributed by atoms with Crippen molar-refractivity contribution in [1.82, 2.24) is 4.98 Å². The number of ether oxygens (including phenoxy) is 1. The maximum absolute atomic E-state index is 12.0. The molecule has 0 bridgehead atoms. The third-order valence-electron chi connectivity index (χ3n) is 2.69. The van der Waals surface area contributed by atoms with E-state index in [0.717, 1.165) is 22.0 Å². The van der Waals surface area contributed by atoms with Crippen LogP contribution >= 0.6 is 23.6 Å². The Bertz CT molecular complexity index is 644. The molecule has 0 saturated heterocycles. The van der Waals surface area contributed by atoms with Gasteiger partial charge in [0.05, 0.1) is 13.0 Å². The highest BCUT2D eigenvalue weighted by Crippen LogP contribution is 2.18. The first-order valence-electron chi connectivity index (χ1n) is 6.29. The van der Waals surface area contributed by atoms with Gasteiger partial charge < -0.3 is 15.0 Å². The lowest BCUT2D eigenvalue weighted by Crippen LogP contribution is -2.14. The second-order valence-electron chi connectivity index (χ2n) is 4.25. The van der Waals surface area contributed by atoms with E-state index < -0.39 is 0 Å². The van der Waals surface area contributed by atoms with Gasteiger partial charge in [0.2, 0.25) is 5.91 Å². The van der Waals surface area contributed by atoms with Crippen molar-refractivity contribution in [2.24, 2.45) is 0 Å². The Morgan fingerprint density at radius 2 is 2.10 bits per heavy atom. The van der Waals surface area contributed by atoms with Crippen molar-refractivity contribution < 1.29 is 9.53 Å². The van der Waals surface area contributed by atoms with Crippen LogP contribution in [-0.2, 0) is 11.2 Å². The number of nitrogens with one attached hydrogen (secondary N) is 2. The van der Waals surface area contributed by atoms with E-state index in [1.165, 1.54) is 11.3 Å². The summed E-state index contributed by atoms with van der Waals surface area (Å²) >= 11 is 6.50. The fraction of sp³-hybridized carbons (Fsp3) is 0.286. The average Bonchev–Trinajstić information content (AvgIpc) is 2.70. The van der Waals surface area contributed by atoms with Crippen LogP contribution in [0.2, 0.25) is 0 Å². The van der Waals surface area contributed by atoms with E-state index in [4.69, 9.17) is 17.0 Å². The summed E-state index contributed by atoms with van der Waals surface area (Å²) in [6.07, 6.45) is 0.330. The van der Waals surface area contributed by atoms with Gasteiger partial charge in [-0.25, -0.2) is 0 Å². The highest BCUT2D eigenvalue weighted by molar-refractivity contribution is 7.73. The lowest BCUT2D eigenvalue weighted by molar-refractivity contribution is -0.115. The molecule has 106 valence electrons. The van der Waals surface area contributed by atoms with Crippen LogP contribution in [0.15, 0.2) is 24.3 Å². The summed E-state index contributed by atoms with van der Waals surface area (Å²) in [6.45, 7) is 4.48. The molecule has 0 spiro atoms. The minimum atomic E-state index is -0.0532. The van der Waals surface area contributed by atoms with E-state index in [-0.39, 0.29) is 5.91 Å². The van der Waals surface area contributed by atoms with Gasteiger partial charge in [-0.1, -0.05) is 0 Å². The average molecular weight is 308 g/mol. The number of carbonyl (C=O) groups is 1. The Balaban J connectivity index is 1.97. The molecule has 0 radical (unpaired) electrons. The molecule has 0 aliphatic carbocycles. The maximum Gasteiger partial charge on any atom is 0.229 e. The lowest BCUT2D eigenvalue weighted by Gasteiger charge is -2.06. The first-order valence-corrected chi connectivity index (χ1v) is 7.52. The number of hydrogen-bond acceptors (Lipinski definition) is 4. The number of anilines is 1. The van der Waals surface area contributed by atoms with Crippen molar-refractivity contribution in [3.8, 4) is 5.75 Å². The molecule has 20 heavy (non-hydrogen) atoms. The van der Waals surface area contributed by atoms with E-state index in [2.05, 4.69) is 10.3 Å². The smallest absolute Gasteiger partial charge is 0.229 e. The van der Waals surface area contributed by atoms with E-state index in [1.807, 2.05) is 38.1 Å². The third-order valence-corrected chi connectivity index (χ3v) is 4.03. The van der Waals surface area contributed by atoms with Gasteiger partial charge >= 0.3 is 0 Å². The van der Waals surface area contributed by atoms with E-state index in [0.29, 0.717) is 17.0 Å². The largest absolute Gasteiger partial charge is 0.494 e. The van der Waals surface area contributed by atoms with Gasteiger partial charge in [-0.15, -0.1) is 11.3 Å². The molecule has 2 aromatic rings. The van der Waals surface area contributed by atoms with Crippen molar-refractivity contribution in [2.45, 2.75) is 20.3 Å². The van der Waals surface area contributed by atoms with Gasteiger partial charge in [-0.3, -0.25) is 4.79 Å². The minimum absolute atomic E-state index is 0.0532. The van der Waals surface area contributed by atoms with Crippen molar-refractivity contribution in [2.75, 3.05) is 11.9 Å². The van der Waals surface area contributed by atoms with E-state index in [9.17, 15) is 4.79 Å². The first kappa shape index (κ1) is 14.7. The molecule has 0 unspecified atom stereocenters. The quantitative estimate of drug-likeness (QED) is 0.828. The summed E-state index contributed by atoms with van der Waals surface area (Å²) in [5.74, 6) is 0.743. The molecule has 1 amide bonds. The summed E-state index contributed by atoms with van der Waals surface area (Å²) in [5, 5.41) is 2.86. The number of aromatic nitrogens is 1. The van der Waals surface area contributed by atoms with Gasteiger partial charge in [-0.05, 0) is 50.3 Å². The number of H-pyrrole nitrogens is 1. The van der Waals surface area contributed by atoms with Crippen LogP contribution in [0.4, 0.5) is 5.69 Å². The predicted molar refractivity (Wildman–Crippen MR) is 84.2 cm³/mol. The van der Waals surface area contributed by atoms with Crippen molar-refractivity contribution in [1.29, 1.82) is 0 Å². The van der Waals surface area contributed by atoms with Gasteiger partial charge in [0, 0.05) is 16.3 Å². The third kappa shape index (κ3) is 3.91.